The van der Waals surface area contributed by atoms with Gasteiger partial charge in [0.2, 0.25) is 0 Å². The van der Waals surface area contributed by atoms with Gasteiger partial charge < -0.3 is 27.8 Å². The van der Waals surface area contributed by atoms with Crippen LogP contribution in [-0.4, -0.2) is 57.6 Å². The van der Waals surface area contributed by atoms with E-state index >= 15 is 0 Å². The molecule has 92 heavy (non-hydrogen) atoms. The topological polar surface area (TPSA) is 145 Å². The van der Waals surface area contributed by atoms with Gasteiger partial charge >= 0.3 is 15.9 Å². The van der Waals surface area contributed by atoms with Crippen molar-refractivity contribution in [1.29, 1.82) is 0 Å². The number of ketones is 2. The Balaban J connectivity index is 0.000000247. The smallest absolute Gasteiger partial charge is 0.616 e. The van der Waals surface area contributed by atoms with Crippen LogP contribution in [0.1, 0.15) is 61.2 Å². The van der Waals surface area contributed by atoms with Crippen LogP contribution in [0.5, 0.6) is 11.5 Å². The van der Waals surface area contributed by atoms with Crippen molar-refractivity contribution in [1.82, 2.24) is 19.9 Å². The zero-order valence-corrected chi connectivity index (χ0v) is 61.3. The molecule has 4 heterocycles. The first kappa shape index (κ1) is 76.1. The molecule has 472 valence electrons. The van der Waals surface area contributed by atoms with Gasteiger partial charge in [0.1, 0.15) is 11.3 Å². The molecular formula is C78H71AlIr3N4O6-3. The van der Waals surface area contributed by atoms with Gasteiger partial charge in [-0.1, -0.05) is 155 Å². The average Bonchev–Trinajstić information content (AvgIpc) is 0.893. The van der Waals surface area contributed by atoms with Gasteiger partial charge in [0.05, 0.1) is 22.8 Å². The van der Waals surface area contributed by atoms with E-state index in [1.165, 1.54) is 83.8 Å². The van der Waals surface area contributed by atoms with E-state index in [2.05, 4.69) is 171 Å². The standard InChI is InChI=1S/2C17H14N.C12H10N.C12H10O.C10H9NO.2C5H8O2.Al.3Ir/c1-12-9-13(2)11-15(10-12)17-16-6-4-3-5-14(16)7-8-18-17;1-12-9-13(2)11-15(10-12)17-8-7-14-5-3-4-6-16(14)18-17;1-10-6-5-9-13-12(10)11-7-3-2-4-8-11;13-12-8-6-11(7-9-12)10-4-2-1-3-5-10;1-7-5-6-8-3-2-4-9(12)10(8)11-7;2*1-4(6)3-5(2)7;;;;/h2*3-10H,1-2H3;2-7,9H,1H3;1-9,13H;2-6,12H,1H3;2*3,6H,1-2H3;;;;/q3*-1;;;;;+2;;;/p-2. The van der Waals surface area contributed by atoms with E-state index in [0.717, 1.165) is 78.5 Å². The predicted octanol–water partition coefficient (Wildman–Crippen LogP) is 18.8. The maximum absolute atomic E-state index is 10.0. The number of hydrogen-bond donors (Lipinski definition) is 2. The van der Waals surface area contributed by atoms with Crippen molar-refractivity contribution in [2.45, 2.75) is 69.2 Å². The summed E-state index contributed by atoms with van der Waals surface area (Å²) in [6.07, 6.45) is 6.01. The maximum Gasteiger partial charge on any atom is 0.881 e. The van der Waals surface area contributed by atoms with Crippen LogP contribution in [0.2, 0.25) is 0 Å². The Morgan fingerprint density at radius 1 is 0.478 bits per heavy atom. The number of aryl methyl sites for hydroxylation is 6. The van der Waals surface area contributed by atoms with Crippen LogP contribution in [0.15, 0.2) is 248 Å². The van der Waals surface area contributed by atoms with Crippen LogP contribution in [0.25, 0.3) is 77.5 Å². The molecule has 12 aromatic rings. The van der Waals surface area contributed by atoms with Crippen molar-refractivity contribution in [3.63, 3.8) is 0 Å². The number of carbonyl (C=O) groups excluding carboxylic acids is 2. The molecule has 12 rings (SSSR count). The van der Waals surface area contributed by atoms with Crippen molar-refractivity contribution in [3.8, 4) is 56.4 Å². The molecule has 0 aliphatic heterocycles. The van der Waals surface area contributed by atoms with Crippen molar-refractivity contribution in [2.75, 3.05) is 0 Å². The molecule has 0 saturated heterocycles. The quantitative estimate of drug-likeness (QED) is 0.0587. The summed E-state index contributed by atoms with van der Waals surface area (Å²) in [6, 6.07) is 81.5. The van der Waals surface area contributed by atoms with Crippen LogP contribution in [-0.2, 0) is 69.9 Å². The minimum Gasteiger partial charge on any atom is -0.616 e. The Labute approximate surface area is 588 Å². The van der Waals surface area contributed by atoms with Crippen molar-refractivity contribution in [2.24, 2.45) is 0 Å². The molecule has 0 spiro atoms. The molecule has 0 saturated carbocycles. The maximum atomic E-state index is 10.0. The van der Waals surface area contributed by atoms with E-state index in [-0.39, 0.29) is 83.4 Å². The zero-order chi connectivity index (χ0) is 63.7. The van der Waals surface area contributed by atoms with E-state index in [9.17, 15) is 9.59 Å². The van der Waals surface area contributed by atoms with Crippen LogP contribution in [0, 0.1) is 59.7 Å². The molecular weight excluding hydrogens is 1690 g/mol. The minimum absolute atomic E-state index is 0. The molecule has 0 aliphatic rings. The second kappa shape index (κ2) is 39.1. The SMILES string of the molecule is CC(=O)C=C(C)O.CC(=O)C=C(C)O.Cc1[c-]c(-c2ccc3ccccc3n2)cc(C)c1.Cc1[c-]c(-c2nccc3ccccc23)cc(C)c1.Cc1ccc2cccc([O][Al][O]c3ccc(-c4ccccc4)cc3)c2n1.Cc1cccnc1-c1[c-]cccc1.[Ir].[Ir].[Ir]. The summed E-state index contributed by atoms with van der Waals surface area (Å²) in [5, 5.41) is 21.4. The van der Waals surface area contributed by atoms with Crippen LogP contribution < -0.4 is 7.58 Å². The largest absolute Gasteiger partial charge is 0.881 e. The summed E-state index contributed by atoms with van der Waals surface area (Å²) in [5.41, 5.74) is 17.4. The van der Waals surface area contributed by atoms with Gasteiger partial charge in [-0.3, -0.25) is 14.6 Å². The number of carbonyl (C=O) groups is 2. The summed E-state index contributed by atoms with van der Waals surface area (Å²) < 4.78 is 11.7. The fourth-order valence-corrected chi connectivity index (χ4v) is 9.91. The van der Waals surface area contributed by atoms with E-state index in [4.69, 9.17) is 22.8 Å². The molecule has 0 unspecified atom stereocenters. The number of aromatic nitrogens is 4. The fourth-order valence-electron chi connectivity index (χ4n) is 9.30. The molecule has 14 heteroatoms. The molecule has 0 atom stereocenters. The average molecular weight is 1760 g/mol. The molecule has 4 radical (unpaired) electrons. The Morgan fingerprint density at radius 3 is 1.67 bits per heavy atom. The van der Waals surface area contributed by atoms with Gasteiger partial charge in [-0.25, -0.2) is 4.98 Å². The first-order valence-corrected chi connectivity index (χ1v) is 29.9. The molecule has 0 amide bonds. The molecule has 0 bridgehead atoms. The van der Waals surface area contributed by atoms with Gasteiger partial charge in [0.25, 0.3) is 0 Å². The first-order valence-electron chi connectivity index (χ1n) is 28.9. The molecule has 2 N–H and O–H groups in total. The molecule has 10 nitrogen and oxygen atoms in total. The number of nitrogens with zero attached hydrogens (tertiary/aromatic N) is 4. The van der Waals surface area contributed by atoms with Gasteiger partial charge in [0.15, 0.2) is 11.6 Å². The fraction of sp³-hybridized carbons (Fsp3) is 0.128. The number of fused-ring (bicyclic) bond motifs is 3. The molecule has 4 aromatic heterocycles. The number of pyridine rings is 4. The van der Waals surface area contributed by atoms with Crippen LogP contribution >= 0.6 is 0 Å². The number of benzene rings is 8. The summed E-state index contributed by atoms with van der Waals surface area (Å²) in [7, 11) is 0. The van der Waals surface area contributed by atoms with Crippen molar-refractivity contribution < 1.29 is 87.7 Å². The normalized spacial score (nSPS) is 10.3. The van der Waals surface area contributed by atoms with Crippen molar-refractivity contribution in [3.05, 3.63) is 300 Å². The summed E-state index contributed by atoms with van der Waals surface area (Å²) >= 11 is -0.665. The Bertz CT molecular complexity index is 4290. The second-order valence-electron chi connectivity index (χ2n) is 21.0. The number of hydrogen-bond acceptors (Lipinski definition) is 10. The number of para-hydroxylation sites is 2. The minimum atomic E-state index is -0.665. The second-order valence-corrected chi connectivity index (χ2v) is 21.7. The van der Waals surface area contributed by atoms with E-state index in [1.807, 2.05) is 129 Å². The molecule has 8 aromatic carbocycles. The zero-order valence-electron chi connectivity index (χ0n) is 52.9. The predicted molar refractivity (Wildman–Crippen MR) is 364 cm³/mol. The number of aliphatic hydroxyl groups excluding tert-OH is 2. The first-order chi connectivity index (χ1) is 42.9. The summed E-state index contributed by atoms with van der Waals surface area (Å²) in [5.74, 6) is 1.45. The number of rotatable bonds is 10. The van der Waals surface area contributed by atoms with Gasteiger partial charge in [-0.15, -0.1) is 106 Å². The summed E-state index contributed by atoms with van der Waals surface area (Å²) in [6.45, 7) is 18.1. The molecule has 0 aliphatic carbocycles. The Hall–Kier alpha value is -8.36. The van der Waals surface area contributed by atoms with Crippen LogP contribution in [0.4, 0.5) is 0 Å². The number of allylic oxidation sites excluding steroid dienone is 4. The van der Waals surface area contributed by atoms with E-state index in [1.54, 1.807) is 0 Å². The summed E-state index contributed by atoms with van der Waals surface area (Å²) in [4.78, 5) is 38.2. The Kier molecular flexibility index (Phi) is 32.4. The third-order valence-electron chi connectivity index (χ3n) is 13.0. The Morgan fingerprint density at radius 2 is 1.05 bits per heavy atom. The van der Waals surface area contributed by atoms with Crippen LogP contribution in [0.3, 0.4) is 0 Å². The molecule has 0 fully saturated rings. The van der Waals surface area contributed by atoms with E-state index < -0.39 is 15.9 Å². The number of aliphatic hydroxyl groups is 2. The van der Waals surface area contributed by atoms with Gasteiger partial charge in [-0.05, 0) is 128 Å². The van der Waals surface area contributed by atoms with E-state index in [0.29, 0.717) is 0 Å². The van der Waals surface area contributed by atoms with Gasteiger partial charge in [-0.2, -0.15) is 0 Å². The van der Waals surface area contributed by atoms with Gasteiger partial charge in [0, 0.05) is 95.9 Å². The monoisotopic (exact) mass is 1770 g/mol. The third-order valence-corrected chi connectivity index (χ3v) is 13.8. The third kappa shape index (κ3) is 24.7. The van der Waals surface area contributed by atoms with Crippen molar-refractivity contribution >= 4 is 60.0 Å².